The standard InChI is InChI=1S/C11H12N4O4/c1-6-3-8(16)15-10(14-6)7(4-13-15)11(18)12-5-9(17)19-2/h3-4,13H,5H2,1-2H3,(H,12,18). The molecule has 0 bridgehead atoms. The van der Waals surface area contributed by atoms with E-state index in [1.54, 1.807) is 6.92 Å². The van der Waals surface area contributed by atoms with Crippen molar-refractivity contribution in [3.63, 3.8) is 0 Å². The van der Waals surface area contributed by atoms with Gasteiger partial charge in [-0.25, -0.2) is 9.50 Å². The number of aromatic nitrogens is 3. The minimum Gasteiger partial charge on any atom is -0.468 e. The number of carbonyl (C=O) groups excluding carboxylic acids is 2. The van der Waals surface area contributed by atoms with E-state index in [-0.39, 0.29) is 23.3 Å². The third-order valence-electron chi connectivity index (χ3n) is 2.49. The number of nitrogens with zero attached hydrogens (tertiary/aromatic N) is 2. The van der Waals surface area contributed by atoms with Crippen LogP contribution in [-0.4, -0.2) is 40.1 Å². The monoisotopic (exact) mass is 264 g/mol. The van der Waals surface area contributed by atoms with Gasteiger partial charge in [0.2, 0.25) is 0 Å². The van der Waals surface area contributed by atoms with E-state index in [1.165, 1.54) is 19.4 Å². The molecule has 2 N–H and O–H groups in total. The Labute approximate surface area is 107 Å². The van der Waals surface area contributed by atoms with Crippen LogP contribution in [0.15, 0.2) is 17.1 Å². The highest BCUT2D eigenvalue weighted by Gasteiger charge is 2.15. The predicted octanol–water partition coefficient (Wildman–Crippen LogP) is -0.766. The summed E-state index contributed by atoms with van der Waals surface area (Å²) in [5, 5.41) is 5.01. The first-order valence-corrected chi connectivity index (χ1v) is 5.45. The summed E-state index contributed by atoms with van der Waals surface area (Å²) in [5.41, 5.74) is 0.596. The van der Waals surface area contributed by atoms with E-state index < -0.39 is 11.9 Å². The lowest BCUT2D eigenvalue weighted by Gasteiger charge is -2.02. The Morgan fingerprint density at radius 1 is 1.53 bits per heavy atom. The van der Waals surface area contributed by atoms with Gasteiger partial charge in [0.15, 0.2) is 5.65 Å². The van der Waals surface area contributed by atoms with Crippen LogP contribution in [0.2, 0.25) is 0 Å². The summed E-state index contributed by atoms with van der Waals surface area (Å²) in [5.74, 6) is -1.07. The SMILES string of the molecule is COC(=O)CNC(=O)c1c[nH]n2c(=O)cc(C)nc12. The maximum Gasteiger partial charge on any atom is 0.325 e. The minimum absolute atomic E-state index is 0.185. The van der Waals surface area contributed by atoms with Crippen molar-refractivity contribution in [1.82, 2.24) is 19.9 Å². The van der Waals surface area contributed by atoms with E-state index in [2.05, 4.69) is 20.1 Å². The zero-order valence-electron chi connectivity index (χ0n) is 10.4. The molecule has 19 heavy (non-hydrogen) atoms. The van der Waals surface area contributed by atoms with Gasteiger partial charge in [-0.3, -0.25) is 19.5 Å². The summed E-state index contributed by atoms with van der Waals surface area (Å²) in [6.07, 6.45) is 1.36. The number of hydrogen-bond donors (Lipinski definition) is 2. The average Bonchev–Trinajstić information content (AvgIpc) is 2.79. The van der Waals surface area contributed by atoms with Crippen molar-refractivity contribution >= 4 is 17.5 Å². The van der Waals surface area contributed by atoms with Crippen LogP contribution in [0.1, 0.15) is 16.1 Å². The molecule has 1 amide bonds. The third-order valence-corrected chi connectivity index (χ3v) is 2.49. The minimum atomic E-state index is -0.561. The maximum atomic E-state index is 11.9. The molecule has 0 saturated carbocycles. The highest BCUT2D eigenvalue weighted by Crippen LogP contribution is 2.06. The van der Waals surface area contributed by atoms with Gasteiger partial charge in [0.25, 0.3) is 11.5 Å². The number of carbonyl (C=O) groups is 2. The molecule has 8 nitrogen and oxygen atoms in total. The Hall–Kier alpha value is -2.64. The molecule has 100 valence electrons. The van der Waals surface area contributed by atoms with Crippen LogP contribution in [0.3, 0.4) is 0 Å². The van der Waals surface area contributed by atoms with Crippen LogP contribution in [0.4, 0.5) is 0 Å². The zero-order chi connectivity index (χ0) is 14.0. The third kappa shape index (κ3) is 2.46. The summed E-state index contributed by atoms with van der Waals surface area (Å²) >= 11 is 0. The van der Waals surface area contributed by atoms with Crippen molar-refractivity contribution in [3.8, 4) is 0 Å². The summed E-state index contributed by atoms with van der Waals surface area (Å²) in [6.45, 7) is 1.41. The number of H-pyrrole nitrogens is 1. The number of nitrogens with one attached hydrogen (secondary N) is 2. The number of fused-ring (bicyclic) bond motifs is 1. The Morgan fingerprint density at radius 3 is 2.95 bits per heavy atom. The number of hydrogen-bond acceptors (Lipinski definition) is 5. The summed E-state index contributed by atoms with van der Waals surface area (Å²) in [6, 6.07) is 1.35. The van der Waals surface area contributed by atoms with Gasteiger partial charge in [-0.15, -0.1) is 0 Å². The molecule has 0 radical (unpaired) electrons. The molecular formula is C11H12N4O4. The molecule has 2 heterocycles. The normalized spacial score (nSPS) is 10.4. The second kappa shape index (κ2) is 4.92. The number of amides is 1. The molecule has 2 aromatic heterocycles. The van der Waals surface area contributed by atoms with Gasteiger partial charge in [-0.1, -0.05) is 0 Å². The van der Waals surface area contributed by atoms with Crippen LogP contribution in [0, 0.1) is 6.92 Å². The van der Waals surface area contributed by atoms with E-state index in [0.29, 0.717) is 5.69 Å². The maximum absolute atomic E-state index is 11.9. The zero-order valence-corrected chi connectivity index (χ0v) is 10.4. The second-order valence-electron chi connectivity index (χ2n) is 3.84. The molecule has 2 aromatic rings. The molecule has 0 aliphatic carbocycles. The summed E-state index contributed by atoms with van der Waals surface area (Å²) in [7, 11) is 1.23. The van der Waals surface area contributed by atoms with Crippen molar-refractivity contribution in [2.24, 2.45) is 0 Å². The molecule has 8 heteroatoms. The summed E-state index contributed by atoms with van der Waals surface area (Å²) in [4.78, 5) is 38.6. The van der Waals surface area contributed by atoms with Gasteiger partial charge >= 0.3 is 5.97 Å². The highest BCUT2D eigenvalue weighted by atomic mass is 16.5. The number of aromatic amines is 1. The van der Waals surface area contributed by atoms with Gasteiger partial charge in [0.1, 0.15) is 12.1 Å². The number of esters is 1. The fraction of sp³-hybridized carbons (Fsp3) is 0.273. The van der Waals surface area contributed by atoms with Crippen molar-refractivity contribution in [3.05, 3.63) is 33.9 Å². The first-order valence-electron chi connectivity index (χ1n) is 5.45. The van der Waals surface area contributed by atoms with Crippen LogP contribution in [0.25, 0.3) is 5.65 Å². The molecule has 0 atom stereocenters. The first-order chi connectivity index (χ1) is 9.02. The second-order valence-corrected chi connectivity index (χ2v) is 3.84. The van der Waals surface area contributed by atoms with Crippen molar-refractivity contribution < 1.29 is 14.3 Å². The fourth-order valence-electron chi connectivity index (χ4n) is 1.58. The van der Waals surface area contributed by atoms with Gasteiger partial charge in [0.05, 0.1) is 7.11 Å². The molecule has 2 rings (SSSR count). The van der Waals surface area contributed by atoms with E-state index in [1.807, 2.05) is 0 Å². The van der Waals surface area contributed by atoms with E-state index in [9.17, 15) is 14.4 Å². The van der Waals surface area contributed by atoms with Crippen LogP contribution < -0.4 is 10.9 Å². The van der Waals surface area contributed by atoms with E-state index >= 15 is 0 Å². The molecular weight excluding hydrogens is 252 g/mol. The Bertz CT molecular complexity index is 700. The van der Waals surface area contributed by atoms with Gasteiger partial charge < -0.3 is 10.1 Å². The molecule has 0 spiro atoms. The molecule has 0 unspecified atom stereocenters. The Kier molecular flexibility index (Phi) is 3.32. The smallest absolute Gasteiger partial charge is 0.325 e. The van der Waals surface area contributed by atoms with Gasteiger partial charge in [-0.2, -0.15) is 0 Å². The number of rotatable bonds is 3. The lowest BCUT2D eigenvalue weighted by Crippen LogP contribution is -2.30. The van der Waals surface area contributed by atoms with Crippen molar-refractivity contribution in [2.75, 3.05) is 13.7 Å². The largest absolute Gasteiger partial charge is 0.468 e. The average molecular weight is 264 g/mol. The lowest BCUT2D eigenvalue weighted by atomic mass is 10.3. The highest BCUT2D eigenvalue weighted by molar-refractivity contribution is 6.00. The van der Waals surface area contributed by atoms with E-state index in [0.717, 1.165) is 4.52 Å². The van der Waals surface area contributed by atoms with Crippen molar-refractivity contribution in [2.45, 2.75) is 6.92 Å². The molecule has 0 fully saturated rings. The topological polar surface area (TPSA) is 106 Å². The molecule has 0 aliphatic heterocycles. The quantitative estimate of drug-likeness (QED) is 0.708. The fourth-order valence-corrected chi connectivity index (χ4v) is 1.58. The van der Waals surface area contributed by atoms with Crippen LogP contribution >= 0.6 is 0 Å². The van der Waals surface area contributed by atoms with E-state index in [4.69, 9.17) is 0 Å². The predicted molar refractivity (Wildman–Crippen MR) is 64.9 cm³/mol. The van der Waals surface area contributed by atoms with Gasteiger partial charge in [0, 0.05) is 18.0 Å². The molecule has 0 saturated heterocycles. The van der Waals surface area contributed by atoms with Crippen molar-refractivity contribution in [1.29, 1.82) is 0 Å². The number of ether oxygens (including phenoxy) is 1. The Balaban J connectivity index is 2.33. The first kappa shape index (κ1) is 12.8. The molecule has 0 aliphatic rings. The molecule has 0 aromatic carbocycles. The van der Waals surface area contributed by atoms with Crippen LogP contribution in [-0.2, 0) is 9.53 Å². The summed E-state index contributed by atoms with van der Waals surface area (Å²) < 4.78 is 5.56. The lowest BCUT2D eigenvalue weighted by molar-refractivity contribution is -0.139. The number of methoxy groups -OCH3 is 1. The Morgan fingerprint density at radius 2 is 2.26 bits per heavy atom. The van der Waals surface area contributed by atoms with Crippen LogP contribution in [0.5, 0.6) is 0 Å². The van der Waals surface area contributed by atoms with Gasteiger partial charge in [-0.05, 0) is 6.92 Å². The number of aryl methyl sites for hydroxylation is 1.